The fourth-order valence-electron chi connectivity index (χ4n) is 6.33. The Kier molecular flexibility index (Phi) is 15.1. The van der Waals surface area contributed by atoms with Gasteiger partial charge in [0.15, 0.2) is 0 Å². The molecule has 1 rings (SSSR count). The van der Waals surface area contributed by atoms with Crippen LogP contribution in [0.3, 0.4) is 0 Å². The van der Waals surface area contributed by atoms with Gasteiger partial charge in [-0.3, -0.25) is 24.1 Å². The van der Waals surface area contributed by atoms with Gasteiger partial charge in [0.05, 0.1) is 30.5 Å². The first-order valence-corrected chi connectivity index (χ1v) is 15.3. The van der Waals surface area contributed by atoms with E-state index in [2.05, 4.69) is 5.32 Å². The zero-order chi connectivity index (χ0) is 32.5. The number of hydrogen-bond acceptors (Lipinski definition) is 7. The Balaban J connectivity index is 3.27. The van der Waals surface area contributed by atoms with E-state index in [1.807, 2.05) is 60.5 Å². The third-order valence-electron chi connectivity index (χ3n) is 8.96. The predicted octanol–water partition coefficient (Wildman–Crippen LogP) is 2.52. The molecular weight excluding hydrogens is 540 g/mol. The smallest absolute Gasteiger partial charge is 0.307 e. The number of carbonyl (C=O) groups is 5. The lowest BCUT2D eigenvalue weighted by atomic mass is 9.86. The third kappa shape index (κ3) is 9.23. The van der Waals surface area contributed by atoms with Crippen LogP contribution in [0, 0.1) is 29.6 Å². The molecule has 11 nitrogen and oxygen atoms in total. The topological polar surface area (TPSA) is 137 Å². The van der Waals surface area contributed by atoms with Gasteiger partial charge in [0, 0.05) is 32.7 Å². The number of nitrogens with zero attached hydrogens (tertiary/aromatic N) is 3. The average Bonchev–Trinajstić information content (AvgIpc) is 3.39. The summed E-state index contributed by atoms with van der Waals surface area (Å²) in [6.07, 6.45) is 1.93. The number of aldehydes is 1. The van der Waals surface area contributed by atoms with E-state index >= 15 is 0 Å². The van der Waals surface area contributed by atoms with E-state index in [1.54, 1.807) is 16.8 Å². The molecule has 42 heavy (non-hydrogen) atoms. The minimum atomic E-state index is -1.07. The number of rotatable bonds is 17. The van der Waals surface area contributed by atoms with E-state index in [1.165, 1.54) is 14.0 Å². The van der Waals surface area contributed by atoms with Gasteiger partial charge in [0.2, 0.25) is 17.7 Å². The zero-order valence-electron chi connectivity index (χ0n) is 27.6. The Morgan fingerprint density at radius 3 is 2.07 bits per heavy atom. The fraction of sp³-hybridized carbons (Fsp3) is 0.839. The molecule has 2 N–H and O–H groups in total. The molecule has 3 amide bonds. The van der Waals surface area contributed by atoms with Gasteiger partial charge in [0.25, 0.3) is 0 Å². The van der Waals surface area contributed by atoms with Crippen molar-refractivity contribution in [2.75, 3.05) is 34.8 Å². The molecule has 0 saturated carbocycles. The number of likely N-dealkylation sites (tertiary alicyclic amines) is 1. The number of amides is 3. The Bertz CT molecular complexity index is 917. The number of hydrogen-bond donors (Lipinski definition) is 2. The van der Waals surface area contributed by atoms with Crippen LogP contribution in [0.25, 0.3) is 0 Å². The second-order valence-electron chi connectivity index (χ2n) is 12.8. The van der Waals surface area contributed by atoms with Crippen molar-refractivity contribution in [1.82, 2.24) is 20.0 Å². The van der Waals surface area contributed by atoms with Crippen molar-refractivity contribution in [2.24, 2.45) is 29.6 Å². The molecule has 0 aromatic heterocycles. The molecule has 1 saturated heterocycles. The molecule has 0 unspecified atom stereocenters. The van der Waals surface area contributed by atoms with E-state index in [4.69, 9.17) is 4.74 Å². The minimum absolute atomic E-state index is 0.0264. The Labute approximate surface area is 252 Å². The summed E-state index contributed by atoms with van der Waals surface area (Å²) in [5, 5.41) is 12.5. The molecule has 0 aromatic carbocycles. The van der Waals surface area contributed by atoms with E-state index in [-0.39, 0.29) is 41.9 Å². The van der Waals surface area contributed by atoms with Crippen LogP contribution in [0.15, 0.2) is 0 Å². The van der Waals surface area contributed by atoms with Crippen LogP contribution < -0.4 is 5.32 Å². The highest BCUT2D eigenvalue weighted by atomic mass is 16.5. The first kappa shape index (κ1) is 37.5. The monoisotopic (exact) mass is 596 g/mol. The van der Waals surface area contributed by atoms with Crippen molar-refractivity contribution in [3.05, 3.63) is 0 Å². The summed E-state index contributed by atoms with van der Waals surface area (Å²) >= 11 is 0. The first-order valence-electron chi connectivity index (χ1n) is 15.3. The number of likely N-dealkylation sites (N-methyl/N-ethyl adjacent to an activating group) is 2. The second kappa shape index (κ2) is 16.9. The van der Waals surface area contributed by atoms with Crippen molar-refractivity contribution in [2.45, 2.75) is 104 Å². The summed E-state index contributed by atoms with van der Waals surface area (Å²) in [5.74, 6) is -3.67. The van der Waals surface area contributed by atoms with Gasteiger partial charge in [-0.05, 0) is 44.7 Å². The van der Waals surface area contributed by atoms with E-state index in [9.17, 15) is 29.1 Å². The fourth-order valence-corrected chi connectivity index (χ4v) is 6.33. The third-order valence-corrected chi connectivity index (χ3v) is 8.96. The summed E-state index contributed by atoms with van der Waals surface area (Å²) in [5.41, 5.74) is 0. The van der Waals surface area contributed by atoms with Crippen LogP contribution in [0.5, 0.6) is 0 Å². The SMILES string of the molecule is CC[C@H](C)[C@@H]([C@@H](CC(=O)N1CCC[C@H]1[C@H](C=O)[C@@H](C)C(=O)O)OC)N(C)C(=O)[C@@H](NC(=O)[C@H](C(C)C)N(C)C)C(C)C. The Morgan fingerprint density at radius 1 is 1.05 bits per heavy atom. The lowest BCUT2D eigenvalue weighted by Crippen LogP contribution is -2.59. The Morgan fingerprint density at radius 2 is 1.64 bits per heavy atom. The highest BCUT2D eigenvalue weighted by molar-refractivity contribution is 5.90. The van der Waals surface area contributed by atoms with Crippen molar-refractivity contribution in [3.63, 3.8) is 0 Å². The van der Waals surface area contributed by atoms with Crippen molar-refractivity contribution in [1.29, 1.82) is 0 Å². The maximum Gasteiger partial charge on any atom is 0.307 e. The lowest BCUT2D eigenvalue weighted by Gasteiger charge is -2.41. The van der Waals surface area contributed by atoms with Crippen molar-refractivity contribution >= 4 is 30.0 Å². The second-order valence-corrected chi connectivity index (χ2v) is 12.8. The number of carboxylic acids is 1. The molecule has 1 fully saturated rings. The van der Waals surface area contributed by atoms with Crippen molar-refractivity contribution < 1.29 is 33.8 Å². The zero-order valence-corrected chi connectivity index (χ0v) is 27.6. The predicted molar refractivity (Wildman–Crippen MR) is 162 cm³/mol. The number of nitrogens with one attached hydrogen (secondary N) is 1. The maximum absolute atomic E-state index is 14.0. The van der Waals surface area contributed by atoms with Crippen LogP contribution >= 0.6 is 0 Å². The van der Waals surface area contributed by atoms with E-state index < -0.39 is 48.1 Å². The van der Waals surface area contributed by atoms with Gasteiger partial charge in [-0.2, -0.15) is 0 Å². The molecule has 0 bridgehead atoms. The van der Waals surface area contributed by atoms with Crippen LogP contribution in [0.1, 0.15) is 74.1 Å². The molecule has 11 heteroatoms. The van der Waals surface area contributed by atoms with E-state index in [0.717, 1.165) is 6.42 Å². The minimum Gasteiger partial charge on any atom is -0.481 e. The molecular formula is C31H56N4O7. The molecule has 242 valence electrons. The summed E-state index contributed by atoms with van der Waals surface area (Å²) in [6, 6.07) is -2.12. The van der Waals surface area contributed by atoms with Gasteiger partial charge in [-0.25, -0.2) is 0 Å². The summed E-state index contributed by atoms with van der Waals surface area (Å²) < 4.78 is 5.87. The highest BCUT2D eigenvalue weighted by Gasteiger charge is 2.42. The first-order chi connectivity index (χ1) is 19.5. The van der Waals surface area contributed by atoms with Crippen LogP contribution in [-0.2, 0) is 28.7 Å². The molecule has 8 atom stereocenters. The standard InChI is InChI=1S/C31H56N4O7/c1-12-20(6)28(34(10)30(39)26(18(2)3)32-29(38)27(19(4)5)33(8)9)24(42-11)16-25(37)35-15-13-14-23(35)22(17-36)21(7)31(40)41/h17-24,26-28H,12-16H2,1-11H3,(H,32,38)(H,40,41)/t20-,21+,22+,23-,24+,26-,27-,28-/m0/s1. The van der Waals surface area contributed by atoms with Gasteiger partial charge in [0.1, 0.15) is 12.3 Å². The summed E-state index contributed by atoms with van der Waals surface area (Å²) in [4.78, 5) is 69.5. The number of ether oxygens (including phenoxy) is 1. The molecule has 0 aromatic rings. The Hall–Kier alpha value is -2.53. The largest absolute Gasteiger partial charge is 0.481 e. The summed E-state index contributed by atoms with van der Waals surface area (Å²) in [6.45, 7) is 13.6. The van der Waals surface area contributed by atoms with Gasteiger partial charge in [-0.1, -0.05) is 54.9 Å². The highest BCUT2D eigenvalue weighted by Crippen LogP contribution is 2.30. The van der Waals surface area contributed by atoms with Gasteiger partial charge < -0.3 is 29.8 Å². The van der Waals surface area contributed by atoms with Crippen molar-refractivity contribution in [3.8, 4) is 0 Å². The quantitative estimate of drug-likeness (QED) is 0.245. The number of carbonyl (C=O) groups excluding carboxylic acids is 4. The number of methoxy groups -OCH3 is 1. The van der Waals surface area contributed by atoms with Crippen LogP contribution in [0.2, 0.25) is 0 Å². The molecule has 0 radical (unpaired) electrons. The van der Waals surface area contributed by atoms with Gasteiger partial charge in [-0.15, -0.1) is 0 Å². The molecule has 1 heterocycles. The summed E-state index contributed by atoms with van der Waals surface area (Å²) in [7, 11) is 6.89. The molecule has 0 spiro atoms. The molecule has 1 aliphatic heterocycles. The van der Waals surface area contributed by atoms with Crippen LogP contribution in [-0.4, -0.2) is 115 Å². The van der Waals surface area contributed by atoms with E-state index in [0.29, 0.717) is 25.7 Å². The van der Waals surface area contributed by atoms with Gasteiger partial charge >= 0.3 is 5.97 Å². The van der Waals surface area contributed by atoms with Crippen LogP contribution in [0.4, 0.5) is 0 Å². The normalized spacial score (nSPS) is 20.5. The molecule has 0 aliphatic carbocycles. The maximum atomic E-state index is 14.0. The molecule has 1 aliphatic rings. The number of aliphatic carboxylic acids is 1. The average molecular weight is 597 g/mol. The number of carboxylic acid groups (broad SMARTS) is 1. The lowest BCUT2D eigenvalue weighted by molar-refractivity contribution is -0.149.